The Hall–Kier alpha value is -6.11. The van der Waals surface area contributed by atoms with Crippen molar-refractivity contribution < 1.29 is 24.0 Å². The molecule has 252 valence electrons. The van der Waals surface area contributed by atoms with E-state index in [1.54, 1.807) is 51.3 Å². The lowest BCUT2D eigenvalue weighted by molar-refractivity contribution is -0.112. The molecule has 0 unspecified atom stereocenters. The fourth-order valence-corrected chi connectivity index (χ4v) is 4.63. The summed E-state index contributed by atoms with van der Waals surface area (Å²) in [6.45, 7) is 3.92. The van der Waals surface area contributed by atoms with Crippen molar-refractivity contribution >= 4 is 74.3 Å². The summed E-state index contributed by atoms with van der Waals surface area (Å²) in [6.07, 6.45) is 4.71. The molecule has 0 atom stereocenters. The van der Waals surface area contributed by atoms with Crippen LogP contribution in [0.25, 0.3) is 0 Å². The number of carbonyl (C=O) groups is 5. The van der Waals surface area contributed by atoms with Crippen molar-refractivity contribution in [2.45, 2.75) is 0 Å². The lowest BCUT2D eigenvalue weighted by Crippen LogP contribution is -2.29. The van der Waals surface area contributed by atoms with E-state index in [0.29, 0.717) is 17.1 Å². The van der Waals surface area contributed by atoms with Gasteiger partial charge in [0, 0.05) is 59.4 Å². The number of carbonyl (C=O) groups excluding carboxylic acids is 5. The van der Waals surface area contributed by atoms with E-state index >= 15 is 0 Å². The van der Waals surface area contributed by atoms with Gasteiger partial charge in [-0.15, -0.1) is 0 Å². The Balaban J connectivity index is 1.37. The predicted octanol–water partition coefficient (Wildman–Crippen LogP) is 1.04. The number of nitrogens with two attached hydrogens (primary N) is 2. The fourth-order valence-electron chi connectivity index (χ4n) is 4.53. The van der Waals surface area contributed by atoms with Crippen LogP contribution >= 0.6 is 15.9 Å². The zero-order valence-corrected chi connectivity index (χ0v) is 28.0. The third kappa shape index (κ3) is 8.37. The highest BCUT2D eigenvalue weighted by Crippen LogP contribution is 2.21. The van der Waals surface area contributed by atoms with Gasteiger partial charge in [-0.2, -0.15) is 5.10 Å². The van der Waals surface area contributed by atoms with Crippen LogP contribution < -0.4 is 38.1 Å². The largest absolute Gasteiger partial charge is 0.370 e. The van der Waals surface area contributed by atoms with E-state index in [0.717, 1.165) is 0 Å². The molecule has 0 aliphatic carbocycles. The predicted molar refractivity (Wildman–Crippen MR) is 183 cm³/mol. The van der Waals surface area contributed by atoms with E-state index in [-0.39, 0.29) is 52.1 Å². The maximum atomic E-state index is 13.2. The molecule has 19 heteroatoms. The van der Waals surface area contributed by atoms with E-state index in [9.17, 15) is 24.0 Å². The number of nitrogens with zero attached hydrogens (tertiary/aromatic N) is 6. The van der Waals surface area contributed by atoms with Gasteiger partial charge in [-0.3, -0.25) is 33.6 Å². The molecule has 18 nitrogen and oxygen atoms in total. The average Bonchev–Trinajstić information content (AvgIpc) is 3.76. The van der Waals surface area contributed by atoms with Crippen molar-refractivity contribution in [2.75, 3.05) is 34.4 Å². The number of aryl methyl sites for hydroxylation is 4. The number of hydrogen-bond donors (Lipinski definition) is 7. The summed E-state index contributed by atoms with van der Waals surface area (Å²) in [7, 11) is 6.48. The van der Waals surface area contributed by atoms with E-state index in [1.807, 2.05) is 0 Å². The van der Waals surface area contributed by atoms with Gasteiger partial charge in [-0.25, -0.2) is 0 Å². The fraction of sp³-hybridized carbons (Fsp3) is 0.207. The van der Waals surface area contributed by atoms with Crippen molar-refractivity contribution in [3.05, 3.63) is 76.7 Å². The Kier molecular flexibility index (Phi) is 10.5. The lowest BCUT2D eigenvalue weighted by atomic mass is 10.3. The van der Waals surface area contributed by atoms with Crippen LogP contribution in [-0.4, -0.2) is 72.1 Å². The minimum Gasteiger partial charge on any atom is -0.370 e. The van der Waals surface area contributed by atoms with Crippen molar-refractivity contribution in [1.82, 2.24) is 28.8 Å². The van der Waals surface area contributed by atoms with Gasteiger partial charge in [0.1, 0.15) is 22.8 Å². The van der Waals surface area contributed by atoms with Crippen LogP contribution in [0, 0.1) is 0 Å². The summed E-state index contributed by atoms with van der Waals surface area (Å²) >= 11 is 3.01. The van der Waals surface area contributed by atoms with Crippen molar-refractivity contribution in [3.8, 4) is 0 Å². The number of aliphatic imine (C=N–C) groups is 1. The first-order valence-corrected chi connectivity index (χ1v) is 14.9. The average molecular weight is 725 g/mol. The number of nitrogens with one attached hydrogen (secondary N) is 5. The number of rotatable bonds is 12. The molecule has 5 amide bonds. The van der Waals surface area contributed by atoms with E-state index in [1.165, 1.54) is 38.1 Å². The molecule has 4 heterocycles. The van der Waals surface area contributed by atoms with Crippen LogP contribution in [0.4, 0.5) is 22.9 Å². The van der Waals surface area contributed by atoms with Crippen molar-refractivity contribution in [3.63, 3.8) is 0 Å². The number of aromatic nitrogens is 5. The smallest absolute Gasteiger partial charge is 0.273 e. The molecule has 48 heavy (non-hydrogen) atoms. The molecular formula is C29H34BrN13O5. The summed E-state index contributed by atoms with van der Waals surface area (Å²) < 4.78 is 6.06. The monoisotopic (exact) mass is 723 g/mol. The first-order valence-electron chi connectivity index (χ1n) is 14.1. The highest BCUT2D eigenvalue weighted by molar-refractivity contribution is 9.12. The standard InChI is InChI=1S/C29H34BrN13O5/c1-15(30)24(44)35-16-8-19(40(2)12-16)26(46)36-17-9-20(41(3)13-17)27(47)37-18-10-21(42(4)14-18)28(48)38-23-11-22(43(5)39-23)25(45)33-6-7-34-29(31)32/h8-14H,1,6-7H2,2-5H3,(H,33,45)(H,35,44)(H,36,46)(H,37,47)(H4,31,32,34)(H,38,39,48). The zero-order valence-electron chi connectivity index (χ0n) is 26.4. The zero-order chi connectivity index (χ0) is 35.3. The summed E-state index contributed by atoms with van der Waals surface area (Å²) in [5, 5.41) is 17.6. The van der Waals surface area contributed by atoms with E-state index in [2.05, 4.69) is 59.2 Å². The van der Waals surface area contributed by atoms with Gasteiger partial charge in [0.05, 0.1) is 28.1 Å². The molecule has 0 saturated heterocycles. The Labute approximate surface area is 282 Å². The van der Waals surface area contributed by atoms with Crippen LogP contribution in [0.2, 0.25) is 0 Å². The lowest BCUT2D eigenvalue weighted by Gasteiger charge is -2.03. The van der Waals surface area contributed by atoms with Gasteiger partial charge in [0.2, 0.25) is 0 Å². The summed E-state index contributed by atoms with van der Waals surface area (Å²) in [5.41, 5.74) is 12.6. The third-order valence-electron chi connectivity index (χ3n) is 6.78. The summed E-state index contributed by atoms with van der Waals surface area (Å²) in [5.74, 6) is -2.30. The van der Waals surface area contributed by atoms with Gasteiger partial charge in [0.15, 0.2) is 11.8 Å². The quantitative estimate of drug-likeness (QED) is 0.0481. The van der Waals surface area contributed by atoms with Gasteiger partial charge in [-0.05, 0) is 34.1 Å². The molecular weight excluding hydrogens is 690 g/mol. The van der Waals surface area contributed by atoms with Crippen molar-refractivity contribution in [1.29, 1.82) is 0 Å². The van der Waals surface area contributed by atoms with Crippen LogP contribution in [-0.2, 0) is 33.0 Å². The second kappa shape index (κ2) is 14.5. The summed E-state index contributed by atoms with van der Waals surface area (Å²) in [6, 6.07) is 5.91. The normalized spacial score (nSPS) is 10.6. The molecule has 9 N–H and O–H groups in total. The molecule has 0 aromatic carbocycles. The molecule has 0 bridgehead atoms. The highest BCUT2D eigenvalue weighted by atomic mass is 79.9. The number of anilines is 4. The Morgan fingerprint density at radius 1 is 0.729 bits per heavy atom. The number of hydrogen-bond acceptors (Lipinski definition) is 7. The molecule has 4 rings (SSSR count). The minimum atomic E-state index is -0.528. The van der Waals surface area contributed by atoms with E-state index < -0.39 is 29.5 Å². The number of guanidine groups is 1. The molecule has 0 aliphatic heterocycles. The van der Waals surface area contributed by atoms with Crippen molar-refractivity contribution in [2.24, 2.45) is 44.7 Å². The van der Waals surface area contributed by atoms with Crippen LogP contribution in [0.3, 0.4) is 0 Å². The molecule has 0 radical (unpaired) electrons. The first-order chi connectivity index (χ1) is 22.6. The molecule has 0 saturated carbocycles. The van der Waals surface area contributed by atoms with Crippen LogP contribution in [0.1, 0.15) is 42.0 Å². The number of amides is 5. The van der Waals surface area contributed by atoms with Gasteiger partial charge >= 0.3 is 0 Å². The molecule has 0 spiro atoms. The molecule has 4 aromatic rings. The molecule has 4 aromatic heterocycles. The Bertz CT molecular complexity index is 1960. The Morgan fingerprint density at radius 3 is 1.65 bits per heavy atom. The van der Waals surface area contributed by atoms with Crippen LogP contribution in [0.15, 0.2) is 58.9 Å². The van der Waals surface area contributed by atoms with Crippen LogP contribution in [0.5, 0.6) is 0 Å². The topological polar surface area (TPSA) is 243 Å². The second-order valence-electron chi connectivity index (χ2n) is 10.5. The minimum absolute atomic E-state index is 0.0836. The maximum Gasteiger partial charge on any atom is 0.273 e. The first kappa shape index (κ1) is 34.8. The Morgan fingerprint density at radius 2 is 1.19 bits per heavy atom. The molecule has 0 aliphatic rings. The molecule has 0 fully saturated rings. The summed E-state index contributed by atoms with van der Waals surface area (Å²) in [4.78, 5) is 67.3. The highest BCUT2D eigenvalue weighted by Gasteiger charge is 2.20. The van der Waals surface area contributed by atoms with Gasteiger partial charge < -0.3 is 51.8 Å². The SMILES string of the molecule is C=C(Br)C(=O)Nc1cc(C(=O)Nc2cc(C(=O)Nc3cc(C(=O)Nc4cc(C(=O)NCCN=C(N)N)n(C)n4)n(C)c3)n(C)c2)n(C)c1. The van der Waals surface area contributed by atoms with E-state index in [4.69, 9.17) is 11.5 Å². The number of halogens is 1. The third-order valence-corrected chi connectivity index (χ3v) is 7.14. The maximum absolute atomic E-state index is 13.2. The van der Waals surface area contributed by atoms with Gasteiger partial charge in [-0.1, -0.05) is 6.58 Å². The second-order valence-corrected chi connectivity index (χ2v) is 11.5. The van der Waals surface area contributed by atoms with Gasteiger partial charge in [0.25, 0.3) is 29.5 Å².